The second-order valence-corrected chi connectivity index (χ2v) is 4.27. The number of carbonyl (C=O) groups excluding carboxylic acids is 1. The second-order valence-electron chi connectivity index (χ2n) is 3.02. The summed E-state index contributed by atoms with van der Waals surface area (Å²) < 4.78 is -0.752. The first-order valence-corrected chi connectivity index (χ1v) is 4.73. The maximum atomic E-state index is 10.9. The van der Waals surface area contributed by atoms with Gasteiger partial charge in [0.05, 0.1) is 5.69 Å². The largest absolute Gasteiger partial charge is 0.309 e. The van der Waals surface area contributed by atoms with Crippen LogP contribution >= 0.6 is 15.9 Å². The minimum atomic E-state index is -0.752. The minimum Gasteiger partial charge on any atom is -0.309 e. The lowest BCUT2D eigenvalue weighted by Crippen LogP contribution is -2.40. The van der Waals surface area contributed by atoms with Gasteiger partial charge in [0.15, 0.2) is 10.7 Å². The standard InChI is InChI=1S/C9H9BrN2O/c1-12-8-5-3-2-4-7(8)9(10,6-13)11-12/h2-6,11H,1H3. The lowest BCUT2D eigenvalue weighted by Gasteiger charge is -2.17. The Morgan fingerprint density at radius 1 is 1.54 bits per heavy atom. The highest BCUT2D eigenvalue weighted by Crippen LogP contribution is 2.38. The maximum absolute atomic E-state index is 10.9. The van der Waals surface area contributed by atoms with Crippen LogP contribution in [0, 0.1) is 0 Å². The van der Waals surface area contributed by atoms with E-state index >= 15 is 0 Å². The smallest absolute Gasteiger partial charge is 0.174 e. The van der Waals surface area contributed by atoms with E-state index in [4.69, 9.17) is 0 Å². The third kappa shape index (κ3) is 1.17. The predicted molar refractivity (Wildman–Crippen MR) is 54.6 cm³/mol. The third-order valence-corrected chi connectivity index (χ3v) is 2.94. The number of hydrogen-bond donors (Lipinski definition) is 1. The number of para-hydroxylation sites is 1. The fraction of sp³-hybridized carbons (Fsp3) is 0.222. The Kier molecular flexibility index (Phi) is 1.89. The fourth-order valence-corrected chi connectivity index (χ4v) is 2.13. The number of halogens is 1. The summed E-state index contributed by atoms with van der Waals surface area (Å²) >= 11 is 3.36. The van der Waals surface area contributed by atoms with Crippen molar-refractivity contribution in [3.05, 3.63) is 29.8 Å². The first kappa shape index (κ1) is 8.72. The van der Waals surface area contributed by atoms with Crippen LogP contribution < -0.4 is 10.4 Å². The molecule has 4 heteroatoms. The Morgan fingerprint density at radius 3 is 2.92 bits per heavy atom. The maximum Gasteiger partial charge on any atom is 0.174 e. The topological polar surface area (TPSA) is 32.3 Å². The summed E-state index contributed by atoms with van der Waals surface area (Å²) in [6.07, 6.45) is 0.856. The molecule has 1 aliphatic rings. The van der Waals surface area contributed by atoms with Crippen LogP contribution in [0.1, 0.15) is 5.56 Å². The molecule has 68 valence electrons. The molecule has 1 aromatic rings. The van der Waals surface area contributed by atoms with Crippen molar-refractivity contribution in [1.29, 1.82) is 0 Å². The number of carbonyl (C=O) groups is 1. The Balaban J connectivity index is 2.59. The lowest BCUT2D eigenvalue weighted by atomic mass is 10.1. The molecule has 0 fully saturated rings. The lowest BCUT2D eigenvalue weighted by molar-refractivity contribution is -0.110. The van der Waals surface area contributed by atoms with Crippen molar-refractivity contribution in [1.82, 2.24) is 5.43 Å². The van der Waals surface area contributed by atoms with Crippen LogP contribution in [0.5, 0.6) is 0 Å². The van der Waals surface area contributed by atoms with Gasteiger partial charge in [-0.1, -0.05) is 34.1 Å². The molecule has 1 unspecified atom stereocenters. The number of nitrogens with zero attached hydrogens (tertiary/aromatic N) is 1. The predicted octanol–water partition coefficient (Wildman–Crippen LogP) is 1.39. The fourth-order valence-electron chi connectivity index (χ4n) is 1.53. The van der Waals surface area contributed by atoms with E-state index in [1.807, 2.05) is 36.3 Å². The van der Waals surface area contributed by atoms with Gasteiger partial charge in [-0.25, -0.2) is 5.43 Å². The number of rotatable bonds is 1. The van der Waals surface area contributed by atoms with Crippen molar-refractivity contribution in [2.45, 2.75) is 4.45 Å². The summed E-state index contributed by atoms with van der Waals surface area (Å²) in [4.78, 5) is 10.9. The summed E-state index contributed by atoms with van der Waals surface area (Å²) in [5, 5.41) is 1.83. The molecule has 0 bridgehead atoms. The molecule has 1 N–H and O–H groups in total. The number of fused-ring (bicyclic) bond motifs is 1. The molecule has 0 aromatic heterocycles. The van der Waals surface area contributed by atoms with E-state index in [1.165, 1.54) is 0 Å². The zero-order valence-corrected chi connectivity index (χ0v) is 8.71. The van der Waals surface area contributed by atoms with Crippen molar-refractivity contribution in [2.75, 3.05) is 12.1 Å². The Bertz CT molecular complexity index is 355. The van der Waals surface area contributed by atoms with Crippen molar-refractivity contribution < 1.29 is 4.79 Å². The summed E-state index contributed by atoms with van der Waals surface area (Å²) in [5.74, 6) is 0. The zero-order valence-electron chi connectivity index (χ0n) is 7.12. The van der Waals surface area contributed by atoms with E-state index < -0.39 is 4.45 Å². The average molecular weight is 241 g/mol. The molecule has 0 saturated heterocycles. The Labute approximate surface area is 84.8 Å². The molecule has 2 rings (SSSR count). The number of hydrogen-bond acceptors (Lipinski definition) is 3. The van der Waals surface area contributed by atoms with Gasteiger partial charge in [-0.2, -0.15) is 0 Å². The van der Waals surface area contributed by atoms with E-state index in [0.717, 1.165) is 17.5 Å². The van der Waals surface area contributed by atoms with Crippen LogP contribution in [0.3, 0.4) is 0 Å². The van der Waals surface area contributed by atoms with Gasteiger partial charge in [-0.3, -0.25) is 4.79 Å². The SMILES string of the molecule is CN1NC(Br)(C=O)c2ccccc21. The van der Waals surface area contributed by atoms with Crippen LogP contribution in [0.15, 0.2) is 24.3 Å². The molecular weight excluding hydrogens is 232 g/mol. The van der Waals surface area contributed by atoms with Crippen molar-refractivity contribution >= 4 is 27.9 Å². The highest BCUT2D eigenvalue weighted by Gasteiger charge is 2.38. The highest BCUT2D eigenvalue weighted by atomic mass is 79.9. The van der Waals surface area contributed by atoms with Crippen molar-refractivity contribution in [2.24, 2.45) is 0 Å². The minimum absolute atomic E-state index is 0.752. The highest BCUT2D eigenvalue weighted by molar-refractivity contribution is 9.10. The van der Waals surface area contributed by atoms with Gasteiger partial charge in [0, 0.05) is 12.6 Å². The normalized spacial score (nSPS) is 25.8. The van der Waals surface area contributed by atoms with E-state index in [9.17, 15) is 4.79 Å². The van der Waals surface area contributed by atoms with E-state index in [1.54, 1.807) is 0 Å². The second kappa shape index (κ2) is 2.82. The molecule has 0 amide bonds. The van der Waals surface area contributed by atoms with Crippen LogP contribution in [0.25, 0.3) is 0 Å². The van der Waals surface area contributed by atoms with Crippen LogP contribution in [-0.2, 0) is 9.24 Å². The van der Waals surface area contributed by atoms with Crippen LogP contribution in [0.2, 0.25) is 0 Å². The molecule has 0 radical (unpaired) electrons. The van der Waals surface area contributed by atoms with Crippen molar-refractivity contribution in [3.8, 4) is 0 Å². The zero-order chi connectivity index (χ0) is 9.47. The van der Waals surface area contributed by atoms with Crippen LogP contribution in [-0.4, -0.2) is 13.3 Å². The molecular formula is C9H9BrN2O. The van der Waals surface area contributed by atoms with E-state index in [-0.39, 0.29) is 0 Å². The van der Waals surface area contributed by atoms with Gasteiger partial charge in [0.25, 0.3) is 0 Å². The van der Waals surface area contributed by atoms with Crippen molar-refractivity contribution in [3.63, 3.8) is 0 Å². The molecule has 0 saturated carbocycles. The Morgan fingerprint density at radius 2 is 2.23 bits per heavy atom. The number of aldehydes is 1. The summed E-state index contributed by atoms with van der Waals surface area (Å²) in [7, 11) is 1.88. The van der Waals surface area contributed by atoms with Gasteiger partial charge in [-0.15, -0.1) is 0 Å². The number of hydrazine groups is 1. The molecule has 0 aliphatic carbocycles. The third-order valence-electron chi connectivity index (χ3n) is 2.15. The summed E-state index contributed by atoms with van der Waals surface area (Å²) in [6, 6.07) is 7.75. The molecule has 1 aromatic carbocycles. The monoisotopic (exact) mass is 240 g/mol. The van der Waals surface area contributed by atoms with Gasteiger partial charge in [-0.05, 0) is 6.07 Å². The quantitative estimate of drug-likeness (QED) is 0.458. The van der Waals surface area contributed by atoms with Gasteiger partial charge >= 0.3 is 0 Å². The molecule has 1 aliphatic heterocycles. The number of alkyl halides is 1. The summed E-state index contributed by atoms with van der Waals surface area (Å²) in [6.45, 7) is 0. The van der Waals surface area contributed by atoms with Gasteiger partial charge in [0.1, 0.15) is 0 Å². The average Bonchev–Trinajstić information content (AvgIpc) is 2.42. The first-order valence-electron chi connectivity index (χ1n) is 3.94. The summed E-state index contributed by atoms with van der Waals surface area (Å²) in [5.41, 5.74) is 5.00. The molecule has 0 spiro atoms. The Hall–Kier alpha value is -0.870. The molecule has 13 heavy (non-hydrogen) atoms. The molecule has 1 heterocycles. The number of benzene rings is 1. The van der Waals surface area contributed by atoms with Gasteiger partial charge < -0.3 is 5.01 Å². The molecule has 1 atom stereocenters. The van der Waals surface area contributed by atoms with E-state index in [2.05, 4.69) is 21.4 Å². The molecule has 3 nitrogen and oxygen atoms in total. The van der Waals surface area contributed by atoms with Gasteiger partial charge in [0.2, 0.25) is 0 Å². The number of nitrogens with one attached hydrogen (secondary N) is 1. The number of anilines is 1. The van der Waals surface area contributed by atoms with E-state index in [0.29, 0.717) is 0 Å². The first-order chi connectivity index (χ1) is 6.17. The van der Waals surface area contributed by atoms with Crippen LogP contribution in [0.4, 0.5) is 5.69 Å².